The highest BCUT2D eigenvalue weighted by atomic mass is 127. The van der Waals surface area contributed by atoms with E-state index in [0.29, 0.717) is 26.9 Å². The fourth-order valence-corrected chi connectivity index (χ4v) is 3.81. The highest BCUT2D eigenvalue weighted by molar-refractivity contribution is 14.1. The van der Waals surface area contributed by atoms with Crippen molar-refractivity contribution < 1.29 is 9.66 Å². The fourth-order valence-electron chi connectivity index (χ4n) is 2.65. The molecule has 8 heteroatoms. The number of allylic oxidation sites excluding steroid dienone is 1. The maximum absolute atomic E-state index is 11.0. The molecule has 30 heavy (non-hydrogen) atoms. The van der Waals surface area contributed by atoms with E-state index in [9.17, 15) is 15.4 Å². The lowest BCUT2D eigenvalue weighted by Gasteiger charge is -2.10. The standard InChI is InChI=1S/C22H13Cl2IN2O3/c23-18-6-5-16(20(24)11-18)13-30-22-7-4-14(9-21(22)25)8-17(12-26)15-2-1-3-19(10-15)27(28)29/h1-11H,13H2/b17-8-. The van der Waals surface area contributed by atoms with Crippen LogP contribution in [0.4, 0.5) is 5.69 Å². The Morgan fingerprint density at radius 1 is 1.17 bits per heavy atom. The highest BCUT2D eigenvalue weighted by Crippen LogP contribution is 2.28. The summed E-state index contributed by atoms with van der Waals surface area (Å²) in [7, 11) is 0. The normalized spacial score (nSPS) is 11.1. The van der Waals surface area contributed by atoms with Gasteiger partial charge < -0.3 is 4.74 Å². The van der Waals surface area contributed by atoms with Gasteiger partial charge in [-0.15, -0.1) is 0 Å². The van der Waals surface area contributed by atoms with Crippen LogP contribution in [0.5, 0.6) is 5.75 Å². The van der Waals surface area contributed by atoms with Gasteiger partial charge in [0.15, 0.2) is 0 Å². The lowest BCUT2D eigenvalue weighted by Crippen LogP contribution is -1.98. The van der Waals surface area contributed by atoms with Gasteiger partial charge in [-0.3, -0.25) is 10.1 Å². The molecule has 3 aromatic carbocycles. The van der Waals surface area contributed by atoms with E-state index >= 15 is 0 Å². The summed E-state index contributed by atoms with van der Waals surface area (Å²) in [5, 5.41) is 21.6. The molecule has 3 aromatic rings. The Morgan fingerprint density at radius 2 is 1.97 bits per heavy atom. The predicted octanol–water partition coefficient (Wildman–Crippen LogP) is 7.15. The van der Waals surface area contributed by atoms with E-state index < -0.39 is 4.92 Å². The first-order valence-corrected chi connectivity index (χ1v) is 10.4. The summed E-state index contributed by atoms with van der Waals surface area (Å²) in [6.45, 7) is 0.290. The van der Waals surface area contributed by atoms with E-state index in [4.69, 9.17) is 27.9 Å². The molecule has 0 unspecified atom stereocenters. The summed E-state index contributed by atoms with van der Waals surface area (Å²) in [5.41, 5.74) is 2.35. The SMILES string of the molecule is N#C/C(=C/c1ccc(OCc2ccc(Cl)cc2Cl)c(I)c1)c1cccc([N+](=O)[O-])c1. The molecule has 5 nitrogen and oxygen atoms in total. The van der Waals surface area contributed by atoms with Gasteiger partial charge >= 0.3 is 0 Å². The van der Waals surface area contributed by atoms with Gasteiger partial charge in [0.05, 0.1) is 20.1 Å². The molecule has 0 aliphatic heterocycles. The van der Waals surface area contributed by atoms with Crippen LogP contribution < -0.4 is 4.74 Å². The van der Waals surface area contributed by atoms with Crippen molar-refractivity contribution in [2.24, 2.45) is 0 Å². The van der Waals surface area contributed by atoms with Gasteiger partial charge in [0, 0.05) is 27.7 Å². The topological polar surface area (TPSA) is 76.2 Å². The smallest absolute Gasteiger partial charge is 0.270 e. The van der Waals surface area contributed by atoms with E-state index in [0.717, 1.165) is 14.7 Å². The Labute approximate surface area is 196 Å². The largest absolute Gasteiger partial charge is 0.488 e. The molecule has 0 N–H and O–H groups in total. The summed E-state index contributed by atoms with van der Waals surface area (Å²) in [6.07, 6.45) is 1.68. The molecule has 0 aromatic heterocycles. The van der Waals surface area contributed by atoms with Crippen molar-refractivity contribution in [3.8, 4) is 11.8 Å². The molecule has 0 bridgehead atoms. The summed E-state index contributed by atoms with van der Waals surface area (Å²) in [6, 6.07) is 18.8. The Hall–Kier alpha value is -2.60. The van der Waals surface area contributed by atoms with Crippen LogP contribution in [0.2, 0.25) is 10.0 Å². The lowest BCUT2D eigenvalue weighted by molar-refractivity contribution is -0.384. The number of nitriles is 1. The third-order valence-corrected chi connectivity index (χ3v) is 5.58. The Balaban J connectivity index is 1.80. The number of halogens is 3. The predicted molar refractivity (Wildman–Crippen MR) is 127 cm³/mol. The van der Waals surface area contributed by atoms with E-state index in [-0.39, 0.29) is 12.3 Å². The molecule has 0 amide bonds. The summed E-state index contributed by atoms with van der Waals surface area (Å²) < 4.78 is 6.71. The van der Waals surface area contributed by atoms with Crippen LogP contribution in [0.3, 0.4) is 0 Å². The van der Waals surface area contributed by atoms with Crippen LogP contribution in [0.25, 0.3) is 11.6 Å². The van der Waals surface area contributed by atoms with Crippen molar-refractivity contribution in [2.45, 2.75) is 6.61 Å². The molecule has 0 aliphatic rings. The average Bonchev–Trinajstić information content (AvgIpc) is 2.72. The number of nitro groups is 1. The summed E-state index contributed by atoms with van der Waals surface area (Å²) >= 11 is 14.2. The third kappa shape index (κ3) is 5.51. The van der Waals surface area contributed by atoms with Gasteiger partial charge in [-0.25, -0.2) is 0 Å². The second kappa shape index (κ2) is 9.94. The van der Waals surface area contributed by atoms with Crippen molar-refractivity contribution in [3.63, 3.8) is 0 Å². The van der Waals surface area contributed by atoms with Crippen molar-refractivity contribution in [3.05, 3.63) is 101 Å². The van der Waals surface area contributed by atoms with Gasteiger partial charge in [-0.2, -0.15) is 5.26 Å². The molecule has 0 spiro atoms. The minimum atomic E-state index is -0.486. The molecule has 0 saturated heterocycles. The Bertz CT molecular complexity index is 1190. The molecule has 0 radical (unpaired) electrons. The fraction of sp³-hybridized carbons (Fsp3) is 0.0455. The van der Waals surface area contributed by atoms with Crippen LogP contribution in [0, 0.1) is 25.0 Å². The maximum atomic E-state index is 11.0. The van der Waals surface area contributed by atoms with Crippen LogP contribution in [-0.2, 0) is 6.61 Å². The minimum Gasteiger partial charge on any atom is -0.488 e. The first-order chi connectivity index (χ1) is 14.4. The molecular formula is C22H13Cl2IN2O3. The van der Waals surface area contributed by atoms with Gasteiger partial charge in [0.2, 0.25) is 0 Å². The number of nitro benzene ring substituents is 1. The van der Waals surface area contributed by atoms with Crippen LogP contribution in [0.1, 0.15) is 16.7 Å². The second-order valence-electron chi connectivity index (χ2n) is 6.19. The van der Waals surface area contributed by atoms with E-state index in [1.807, 2.05) is 18.2 Å². The van der Waals surface area contributed by atoms with Crippen molar-refractivity contribution >= 4 is 63.1 Å². The van der Waals surface area contributed by atoms with Crippen molar-refractivity contribution in [1.29, 1.82) is 5.26 Å². The molecule has 0 heterocycles. The van der Waals surface area contributed by atoms with Crippen LogP contribution in [-0.4, -0.2) is 4.92 Å². The summed E-state index contributed by atoms with van der Waals surface area (Å²) in [4.78, 5) is 10.5. The monoisotopic (exact) mass is 550 g/mol. The molecular weight excluding hydrogens is 538 g/mol. The van der Waals surface area contributed by atoms with Gasteiger partial charge in [-0.1, -0.05) is 47.5 Å². The zero-order chi connectivity index (χ0) is 21.7. The van der Waals surface area contributed by atoms with Crippen molar-refractivity contribution in [1.82, 2.24) is 0 Å². The molecule has 0 saturated carbocycles. The van der Waals surface area contributed by atoms with Crippen molar-refractivity contribution in [2.75, 3.05) is 0 Å². The number of hydrogen-bond donors (Lipinski definition) is 0. The lowest BCUT2D eigenvalue weighted by atomic mass is 10.0. The van der Waals surface area contributed by atoms with Gasteiger partial charge in [0.1, 0.15) is 12.4 Å². The first-order valence-electron chi connectivity index (χ1n) is 8.60. The van der Waals surface area contributed by atoms with Crippen LogP contribution in [0.15, 0.2) is 60.7 Å². The zero-order valence-corrected chi connectivity index (χ0v) is 19.0. The second-order valence-corrected chi connectivity index (χ2v) is 8.20. The zero-order valence-electron chi connectivity index (χ0n) is 15.3. The molecule has 0 atom stereocenters. The van der Waals surface area contributed by atoms with Crippen LogP contribution >= 0.6 is 45.8 Å². The Morgan fingerprint density at radius 3 is 2.63 bits per heavy atom. The Kier molecular flexibility index (Phi) is 7.32. The third-order valence-electron chi connectivity index (χ3n) is 4.15. The van der Waals surface area contributed by atoms with E-state index in [2.05, 4.69) is 28.7 Å². The van der Waals surface area contributed by atoms with Gasteiger partial charge in [-0.05, 0) is 64.1 Å². The molecule has 150 valence electrons. The number of rotatable bonds is 6. The maximum Gasteiger partial charge on any atom is 0.270 e. The minimum absolute atomic E-state index is 0.0622. The number of benzene rings is 3. The number of hydrogen-bond acceptors (Lipinski definition) is 4. The van der Waals surface area contributed by atoms with Gasteiger partial charge in [0.25, 0.3) is 5.69 Å². The van der Waals surface area contributed by atoms with E-state index in [1.165, 1.54) is 12.1 Å². The number of ether oxygens (including phenoxy) is 1. The average molecular weight is 551 g/mol. The number of non-ortho nitro benzene ring substituents is 1. The quantitative estimate of drug-likeness (QED) is 0.107. The molecule has 3 rings (SSSR count). The molecule has 0 fully saturated rings. The molecule has 0 aliphatic carbocycles. The number of nitrogens with zero attached hydrogens (tertiary/aromatic N) is 2. The summed E-state index contributed by atoms with van der Waals surface area (Å²) in [5.74, 6) is 0.674. The first kappa shape index (κ1) is 22.1. The van der Waals surface area contributed by atoms with E-state index in [1.54, 1.807) is 36.4 Å². The highest BCUT2D eigenvalue weighted by Gasteiger charge is 2.10.